The van der Waals surface area contributed by atoms with Crippen LogP contribution in [0.3, 0.4) is 0 Å². The first-order valence-corrected chi connectivity index (χ1v) is 6.77. The van der Waals surface area contributed by atoms with Gasteiger partial charge in [0, 0.05) is 23.4 Å². The fourth-order valence-corrected chi connectivity index (χ4v) is 2.55. The minimum atomic E-state index is -0.0340. The molecule has 0 saturated heterocycles. The van der Waals surface area contributed by atoms with Crippen LogP contribution in [0.4, 0.5) is 5.69 Å². The van der Waals surface area contributed by atoms with Crippen LogP contribution in [0.15, 0.2) is 36.4 Å². The summed E-state index contributed by atoms with van der Waals surface area (Å²) in [6.07, 6.45) is 0.956. The Bertz CT molecular complexity index is 667. The maximum atomic E-state index is 12.4. The Kier molecular flexibility index (Phi) is 3.21. The minimum Gasteiger partial charge on any atom is -0.384 e. The fraction of sp³-hybridized carbons (Fsp3) is 0.133. The van der Waals surface area contributed by atoms with Crippen molar-refractivity contribution >= 4 is 34.7 Å². The number of anilines is 1. The number of carbonyl (C=O) groups is 1. The van der Waals surface area contributed by atoms with Gasteiger partial charge in [-0.2, -0.15) is 0 Å². The lowest BCUT2D eigenvalue weighted by Gasteiger charge is -2.05. The monoisotopic (exact) mass is 291 g/mol. The molecule has 0 bridgehead atoms. The Labute approximate surface area is 121 Å². The maximum Gasteiger partial charge on any atom is 0.193 e. The van der Waals surface area contributed by atoms with Crippen LogP contribution in [-0.4, -0.2) is 12.3 Å². The molecule has 2 aromatic carbocycles. The summed E-state index contributed by atoms with van der Waals surface area (Å²) in [4.78, 5) is 12.4. The molecule has 0 unspecified atom stereocenters. The molecule has 0 aliphatic carbocycles. The summed E-state index contributed by atoms with van der Waals surface area (Å²) < 4.78 is 0. The molecule has 1 aliphatic heterocycles. The van der Waals surface area contributed by atoms with E-state index in [1.165, 1.54) is 5.56 Å². The molecule has 1 aliphatic rings. The van der Waals surface area contributed by atoms with Gasteiger partial charge in [-0.15, -0.1) is 0 Å². The molecule has 0 fully saturated rings. The summed E-state index contributed by atoms with van der Waals surface area (Å²) in [5.41, 5.74) is 3.54. The van der Waals surface area contributed by atoms with Gasteiger partial charge in [0.25, 0.3) is 0 Å². The normalized spacial score (nSPS) is 12.9. The number of carbonyl (C=O) groups excluding carboxylic acids is 1. The molecule has 1 heterocycles. The zero-order chi connectivity index (χ0) is 13.4. The lowest BCUT2D eigenvalue weighted by molar-refractivity contribution is 0.103. The van der Waals surface area contributed by atoms with Gasteiger partial charge in [0.15, 0.2) is 5.78 Å². The van der Waals surface area contributed by atoms with E-state index in [0.29, 0.717) is 21.2 Å². The van der Waals surface area contributed by atoms with Crippen LogP contribution in [0.2, 0.25) is 10.0 Å². The second-order valence-electron chi connectivity index (χ2n) is 4.51. The smallest absolute Gasteiger partial charge is 0.193 e. The first kappa shape index (κ1) is 12.5. The highest BCUT2D eigenvalue weighted by atomic mass is 35.5. The lowest BCUT2D eigenvalue weighted by atomic mass is 10.0. The lowest BCUT2D eigenvalue weighted by Crippen LogP contribution is -2.01. The number of fused-ring (bicyclic) bond motifs is 1. The Morgan fingerprint density at radius 2 is 1.74 bits per heavy atom. The molecule has 19 heavy (non-hydrogen) atoms. The van der Waals surface area contributed by atoms with Gasteiger partial charge in [-0.3, -0.25) is 4.79 Å². The standard InChI is InChI=1S/C15H11Cl2NO/c16-12-3-1-11(8-13(12)17)15(19)10-2-4-14-9(7-10)5-6-18-14/h1-4,7-8,18H,5-6H2. The highest BCUT2D eigenvalue weighted by Gasteiger charge is 2.15. The van der Waals surface area contributed by atoms with Crippen LogP contribution < -0.4 is 5.32 Å². The fourth-order valence-electron chi connectivity index (χ4n) is 2.25. The molecule has 0 spiro atoms. The third-order valence-electron chi connectivity index (χ3n) is 3.26. The molecule has 2 aromatic rings. The first-order valence-electron chi connectivity index (χ1n) is 6.02. The van der Waals surface area contributed by atoms with Gasteiger partial charge in [-0.25, -0.2) is 0 Å². The quantitative estimate of drug-likeness (QED) is 0.841. The van der Waals surface area contributed by atoms with Gasteiger partial charge in [0.1, 0.15) is 0 Å². The second kappa shape index (κ2) is 4.87. The van der Waals surface area contributed by atoms with Crippen LogP contribution >= 0.6 is 23.2 Å². The third-order valence-corrected chi connectivity index (χ3v) is 4.00. The molecule has 0 radical (unpaired) electrons. The largest absolute Gasteiger partial charge is 0.384 e. The van der Waals surface area contributed by atoms with E-state index >= 15 is 0 Å². The van der Waals surface area contributed by atoms with Gasteiger partial charge < -0.3 is 5.32 Å². The molecular formula is C15H11Cl2NO. The van der Waals surface area contributed by atoms with Gasteiger partial charge in [-0.1, -0.05) is 23.2 Å². The number of ketones is 1. The molecule has 96 valence electrons. The summed E-state index contributed by atoms with van der Waals surface area (Å²) in [5.74, 6) is -0.0340. The molecule has 3 rings (SSSR count). The number of halogens is 2. The SMILES string of the molecule is O=C(c1ccc(Cl)c(Cl)c1)c1ccc2c(c1)CCN2. The summed E-state index contributed by atoms with van der Waals surface area (Å²) in [7, 11) is 0. The Morgan fingerprint density at radius 3 is 2.53 bits per heavy atom. The van der Waals surface area contributed by atoms with Crippen molar-refractivity contribution in [3.05, 3.63) is 63.1 Å². The molecule has 1 N–H and O–H groups in total. The maximum absolute atomic E-state index is 12.4. The van der Waals surface area contributed by atoms with E-state index in [2.05, 4.69) is 5.32 Å². The van der Waals surface area contributed by atoms with Crippen LogP contribution in [0.5, 0.6) is 0 Å². The van der Waals surface area contributed by atoms with Crippen molar-refractivity contribution in [1.82, 2.24) is 0 Å². The van der Waals surface area contributed by atoms with Crippen LogP contribution in [0.25, 0.3) is 0 Å². The molecule has 4 heteroatoms. The average Bonchev–Trinajstić information content (AvgIpc) is 2.88. The highest BCUT2D eigenvalue weighted by molar-refractivity contribution is 6.42. The summed E-state index contributed by atoms with van der Waals surface area (Å²) >= 11 is 11.8. The summed E-state index contributed by atoms with van der Waals surface area (Å²) in [6.45, 7) is 0.930. The first-order chi connectivity index (χ1) is 9.15. The number of hydrogen-bond donors (Lipinski definition) is 1. The van der Waals surface area contributed by atoms with E-state index in [1.54, 1.807) is 18.2 Å². The molecular weight excluding hydrogens is 281 g/mol. The number of nitrogens with one attached hydrogen (secondary N) is 1. The molecule has 2 nitrogen and oxygen atoms in total. The predicted molar refractivity (Wildman–Crippen MR) is 78.5 cm³/mol. The van der Waals surface area contributed by atoms with Crippen molar-refractivity contribution in [2.45, 2.75) is 6.42 Å². The van der Waals surface area contributed by atoms with Crippen molar-refractivity contribution in [3.63, 3.8) is 0 Å². The number of rotatable bonds is 2. The van der Waals surface area contributed by atoms with Crippen molar-refractivity contribution in [2.24, 2.45) is 0 Å². The zero-order valence-corrected chi connectivity index (χ0v) is 11.6. The van der Waals surface area contributed by atoms with Gasteiger partial charge in [0.05, 0.1) is 10.0 Å². The van der Waals surface area contributed by atoms with E-state index in [9.17, 15) is 4.79 Å². The summed E-state index contributed by atoms with van der Waals surface area (Å²) in [6, 6.07) is 10.7. The average molecular weight is 292 g/mol. The highest BCUT2D eigenvalue weighted by Crippen LogP contribution is 2.26. The number of hydrogen-bond acceptors (Lipinski definition) is 2. The van der Waals surface area contributed by atoms with Crippen molar-refractivity contribution in [2.75, 3.05) is 11.9 Å². The number of benzene rings is 2. The van der Waals surface area contributed by atoms with Crippen LogP contribution in [0.1, 0.15) is 21.5 Å². The molecule has 0 atom stereocenters. The van der Waals surface area contributed by atoms with Crippen molar-refractivity contribution < 1.29 is 4.79 Å². The van der Waals surface area contributed by atoms with Crippen LogP contribution in [0, 0.1) is 0 Å². The van der Waals surface area contributed by atoms with E-state index in [0.717, 1.165) is 18.7 Å². The Balaban J connectivity index is 1.97. The Hall–Kier alpha value is -1.51. The van der Waals surface area contributed by atoms with Crippen molar-refractivity contribution in [1.29, 1.82) is 0 Å². The van der Waals surface area contributed by atoms with E-state index in [-0.39, 0.29) is 5.78 Å². The second-order valence-corrected chi connectivity index (χ2v) is 5.32. The van der Waals surface area contributed by atoms with E-state index < -0.39 is 0 Å². The summed E-state index contributed by atoms with van der Waals surface area (Å²) in [5, 5.41) is 4.13. The van der Waals surface area contributed by atoms with Crippen LogP contribution in [-0.2, 0) is 6.42 Å². The molecule has 0 aromatic heterocycles. The topological polar surface area (TPSA) is 29.1 Å². The Morgan fingerprint density at radius 1 is 1.00 bits per heavy atom. The van der Waals surface area contributed by atoms with E-state index in [4.69, 9.17) is 23.2 Å². The minimum absolute atomic E-state index is 0.0340. The van der Waals surface area contributed by atoms with Crippen molar-refractivity contribution in [3.8, 4) is 0 Å². The molecule has 0 saturated carbocycles. The predicted octanol–water partition coefficient (Wildman–Crippen LogP) is 4.19. The van der Waals surface area contributed by atoms with Gasteiger partial charge >= 0.3 is 0 Å². The van der Waals surface area contributed by atoms with Gasteiger partial charge in [0.2, 0.25) is 0 Å². The van der Waals surface area contributed by atoms with Gasteiger partial charge in [-0.05, 0) is 48.4 Å². The third kappa shape index (κ3) is 2.34. The van der Waals surface area contributed by atoms with E-state index in [1.807, 2.05) is 18.2 Å². The molecule has 0 amide bonds. The zero-order valence-electron chi connectivity index (χ0n) is 10.0.